The Morgan fingerprint density at radius 2 is 2.19 bits per heavy atom. The highest BCUT2D eigenvalue weighted by Crippen LogP contribution is 2.30. The molecule has 16 heavy (non-hydrogen) atoms. The van der Waals surface area contributed by atoms with Gasteiger partial charge < -0.3 is 10.1 Å². The highest BCUT2D eigenvalue weighted by atomic mass is 19.4. The summed E-state index contributed by atoms with van der Waals surface area (Å²) in [6, 6.07) is 1.21. The van der Waals surface area contributed by atoms with E-state index in [9.17, 15) is 13.2 Å². The molecule has 1 saturated heterocycles. The molecule has 0 spiro atoms. The second-order valence-electron chi connectivity index (χ2n) is 3.66. The molecule has 1 fully saturated rings. The molecule has 6 heteroatoms. The van der Waals surface area contributed by atoms with Crippen LogP contribution in [0.25, 0.3) is 0 Å². The minimum absolute atomic E-state index is 0.156. The number of nitrogens with one attached hydrogen (secondary N) is 1. The first-order valence-corrected chi connectivity index (χ1v) is 4.94. The van der Waals surface area contributed by atoms with Crippen LogP contribution in [0.2, 0.25) is 0 Å². The van der Waals surface area contributed by atoms with Gasteiger partial charge in [-0.2, -0.15) is 13.2 Å². The zero-order valence-electron chi connectivity index (χ0n) is 8.42. The van der Waals surface area contributed by atoms with Crippen LogP contribution < -0.4 is 10.1 Å². The Morgan fingerprint density at radius 1 is 1.44 bits per heavy atom. The summed E-state index contributed by atoms with van der Waals surface area (Å²) in [5.74, 6) is 0.156. The number of halogens is 3. The number of alkyl halides is 3. The van der Waals surface area contributed by atoms with Gasteiger partial charge in [0.25, 0.3) is 0 Å². The van der Waals surface area contributed by atoms with Crippen LogP contribution in [0.5, 0.6) is 5.75 Å². The van der Waals surface area contributed by atoms with Crippen molar-refractivity contribution in [3.8, 4) is 5.75 Å². The maximum Gasteiger partial charge on any atom is 0.418 e. The van der Waals surface area contributed by atoms with E-state index in [1.54, 1.807) is 0 Å². The number of hydrogen-bond donors (Lipinski definition) is 1. The molecule has 0 amide bonds. The standard InChI is InChI=1S/C10H11F3N2O/c11-10(12,13)7-3-9(5-14-4-7)16-6-8-1-2-15-8/h3-5,8,15H,1-2,6H2/t8-/m0/s1. The van der Waals surface area contributed by atoms with Gasteiger partial charge in [0.1, 0.15) is 12.4 Å². The third-order valence-corrected chi connectivity index (χ3v) is 2.42. The molecule has 88 valence electrons. The van der Waals surface area contributed by atoms with Crippen LogP contribution in [0.15, 0.2) is 18.5 Å². The van der Waals surface area contributed by atoms with Crippen molar-refractivity contribution in [2.24, 2.45) is 0 Å². The van der Waals surface area contributed by atoms with Crippen LogP contribution in [0.1, 0.15) is 12.0 Å². The van der Waals surface area contributed by atoms with Gasteiger partial charge in [0, 0.05) is 12.2 Å². The molecule has 2 heterocycles. The molecule has 0 bridgehead atoms. The van der Waals surface area contributed by atoms with Crippen molar-refractivity contribution in [2.45, 2.75) is 18.6 Å². The summed E-state index contributed by atoms with van der Waals surface area (Å²) in [5.41, 5.74) is -0.786. The van der Waals surface area contributed by atoms with Crippen molar-refractivity contribution < 1.29 is 17.9 Å². The molecule has 0 radical (unpaired) electrons. The van der Waals surface area contributed by atoms with Gasteiger partial charge in [-0.25, -0.2) is 0 Å². The van der Waals surface area contributed by atoms with Gasteiger partial charge in [-0.05, 0) is 19.0 Å². The highest BCUT2D eigenvalue weighted by molar-refractivity contribution is 5.25. The Kier molecular flexibility index (Phi) is 3.00. The minimum Gasteiger partial charge on any atom is -0.490 e. The summed E-state index contributed by atoms with van der Waals surface area (Å²) in [6.07, 6.45) is -1.31. The van der Waals surface area contributed by atoms with Crippen molar-refractivity contribution in [3.05, 3.63) is 24.0 Å². The molecular weight excluding hydrogens is 221 g/mol. The molecule has 0 unspecified atom stereocenters. The molecule has 1 atom stereocenters. The van der Waals surface area contributed by atoms with Gasteiger partial charge >= 0.3 is 6.18 Å². The number of aromatic nitrogens is 1. The van der Waals surface area contributed by atoms with Gasteiger partial charge in [-0.15, -0.1) is 0 Å². The van der Waals surface area contributed by atoms with E-state index in [2.05, 4.69) is 10.3 Å². The summed E-state index contributed by atoms with van der Waals surface area (Å²) < 4.78 is 42.2. The van der Waals surface area contributed by atoms with Gasteiger partial charge in [0.2, 0.25) is 0 Å². The SMILES string of the molecule is FC(F)(F)c1cncc(OC[C@@H]2CCN2)c1. The number of nitrogens with zero attached hydrogens (tertiary/aromatic N) is 1. The summed E-state index contributed by atoms with van der Waals surface area (Å²) in [5, 5.41) is 3.09. The van der Waals surface area contributed by atoms with Crippen LogP contribution >= 0.6 is 0 Å². The van der Waals surface area contributed by atoms with Crippen LogP contribution in [-0.2, 0) is 6.18 Å². The number of ether oxygens (including phenoxy) is 1. The van der Waals surface area contributed by atoms with E-state index in [1.807, 2.05) is 0 Å². The van der Waals surface area contributed by atoms with Crippen LogP contribution in [0, 0.1) is 0 Å². The van der Waals surface area contributed by atoms with Gasteiger partial charge in [0.05, 0.1) is 11.8 Å². The van der Waals surface area contributed by atoms with Crippen molar-refractivity contribution in [1.29, 1.82) is 0 Å². The predicted octanol–water partition coefficient (Wildman–Crippen LogP) is 1.84. The highest BCUT2D eigenvalue weighted by Gasteiger charge is 2.31. The zero-order valence-corrected chi connectivity index (χ0v) is 8.42. The monoisotopic (exact) mass is 232 g/mol. The number of rotatable bonds is 3. The summed E-state index contributed by atoms with van der Waals surface area (Å²) in [6.45, 7) is 1.32. The minimum atomic E-state index is -4.37. The van der Waals surface area contributed by atoms with Crippen LogP contribution in [-0.4, -0.2) is 24.2 Å². The first-order valence-electron chi connectivity index (χ1n) is 4.94. The van der Waals surface area contributed by atoms with Gasteiger partial charge in [0.15, 0.2) is 0 Å². The molecule has 0 saturated carbocycles. The fourth-order valence-electron chi connectivity index (χ4n) is 1.34. The zero-order chi connectivity index (χ0) is 11.6. The lowest BCUT2D eigenvalue weighted by Crippen LogP contribution is -2.46. The first-order chi connectivity index (χ1) is 7.55. The summed E-state index contributed by atoms with van der Waals surface area (Å²) >= 11 is 0. The van der Waals surface area contributed by atoms with Gasteiger partial charge in [-0.1, -0.05) is 0 Å². The molecule has 0 aromatic carbocycles. The lowest BCUT2D eigenvalue weighted by molar-refractivity contribution is -0.137. The molecule has 0 aliphatic carbocycles. The number of pyridine rings is 1. The Labute approximate surface area is 90.6 Å². The third-order valence-electron chi connectivity index (χ3n) is 2.42. The van der Waals surface area contributed by atoms with E-state index >= 15 is 0 Å². The number of hydrogen-bond acceptors (Lipinski definition) is 3. The van der Waals surface area contributed by atoms with Crippen molar-refractivity contribution in [1.82, 2.24) is 10.3 Å². The molecule has 1 aromatic heterocycles. The maximum atomic E-state index is 12.3. The predicted molar refractivity (Wildman–Crippen MR) is 51.1 cm³/mol. The fourth-order valence-corrected chi connectivity index (χ4v) is 1.34. The van der Waals surface area contributed by atoms with E-state index in [1.165, 1.54) is 6.20 Å². The molecule has 2 rings (SSSR count). The third kappa shape index (κ3) is 2.63. The smallest absolute Gasteiger partial charge is 0.418 e. The average Bonchev–Trinajstić information content (AvgIpc) is 2.14. The van der Waals surface area contributed by atoms with E-state index in [-0.39, 0.29) is 11.8 Å². The fraction of sp³-hybridized carbons (Fsp3) is 0.500. The molecule has 1 N–H and O–H groups in total. The molecular formula is C10H11F3N2O. The Hall–Kier alpha value is -1.30. The molecule has 1 aliphatic rings. The van der Waals surface area contributed by atoms with Crippen molar-refractivity contribution in [3.63, 3.8) is 0 Å². The lowest BCUT2D eigenvalue weighted by Gasteiger charge is -2.27. The maximum absolute atomic E-state index is 12.3. The van der Waals surface area contributed by atoms with E-state index in [0.29, 0.717) is 6.61 Å². The van der Waals surface area contributed by atoms with Crippen LogP contribution in [0.4, 0.5) is 13.2 Å². The quantitative estimate of drug-likeness (QED) is 0.863. The normalized spacial score (nSPS) is 20.3. The summed E-state index contributed by atoms with van der Waals surface area (Å²) in [7, 11) is 0. The largest absolute Gasteiger partial charge is 0.490 e. The second kappa shape index (κ2) is 4.29. The van der Waals surface area contributed by atoms with Crippen molar-refractivity contribution >= 4 is 0 Å². The Morgan fingerprint density at radius 3 is 2.75 bits per heavy atom. The van der Waals surface area contributed by atoms with E-state index in [0.717, 1.165) is 25.2 Å². The molecule has 3 nitrogen and oxygen atoms in total. The molecule has 1 aromatic rings. The van der Waals surface area contributed by atoms with Crippen molar-refractivity contribution in [2.75, 3.05) is 13.2 Å². The summed E-state index contributed by atoms with van der Waals surface area (Å²) in [4.78, 5) is 3.51. The second-order valence-corrected chi connectivity index (χ2v) is 3.66. The lowest BCUT2D eigenvalue weighted by atomic mass is 10.1. The molecule has 1 aliphatic heterocycles. The first kappa shape index (κ1) is 11.2. The Bertz CT molecular complexity index is 363. The Balaban J connectivity index is 1.98. The van der Waals surface area contributed by atoms with Gasteiger partial charge in [-0.3, -0.25) is 4.98 Å². The average molecular weight is 232 g/mol. The van der Waals surface area contributed by atoms with E-state index < -0.39 is 11.7 Å². The van der Waals surface area contributed by atoms with Crippen LogP contribution in [0.3, 0.4) is 0 Å². The van der Waals surface area contributed by atoms with E-state index in [4.69, 9.17) is 4.74 Å². The topological polar surface area (TPSA) is 34.1 Å².